The summed E-state index contributed by atoms with van der Waals surface area (Å²) in [5.41, 5.74) is 2.41. The van der Waals surface area contributed by atoms with Gasteiger partial charge in [-0.1, -0.05) is 109 Å². The first-order valence-corrected chi connectivity index (χ1v) is 18.6. The number of hydrogen-bond acceptors (Lipinski definition) is 6. The lowest BCUT2D eigenvalue weighted by Crippen LogP contribution is -2.30. The molecule has 0 aromatic heterocycles. The Hall–Kier alpha value is -4.86. The smallest absolute Gasteiger partial charge is 0.463 e. The average molecular weight is 703 g/mol. The molecule has 0 saturated carbocycles. The zero-order valence-corrected chi connectivity index (χ0v) is 30.3. The van der Waals surface area contributed by atoms with Crippen LogP contribution in [0.3, 0.4) is 0 Å². The molecule has 0 N–H and O–H groups in total. The normalized spacial score (nSPS) is 12.2. The average Bonchev–Trinajstić information content (AvgIpc) is 3.13. The molecule has 6 nitrogen and oxygen atoms in total. The third-order valence-corrected chi connectivity index (χ3v) is 10.6. The van der Waals surface area contributed by atoms with Crippen LogP contribution >= 0.6 is 17.0 Å². The van der Waals surface area contributed by atoms with Crippen molar-refractivity contribution in [2.75, 3.05) is 0 Å². The highest BCUT2D eigenvalue weighted by molar-refractivity contribution is 7.49. The highest BCUT2D eigenvalue weighted by Crippen LogP contribution is 2.52. The lowest BCUT2D eigenvalue weighted by atomic mass is 9.95. The molecule has 1 unspecified atom stereocenters. The molecule has 6 rings (SSSR count). The Bertz CT molecular complexity index is 1850. The highest BCUT2D eigenvalue weighted by atomic mass is 31.2. The fourth-order valence-corrected chi connectivity index (χ4v) is 7.39. The molecule has 6 aromatic rings. The van der Waals surface area contributed by atoms with Crippen LogP contribution in [0.2, 0.25) is 0 Å². The second-order valence-electron chi connectivity index (χ2n) is 12.4. The number of benzene rings is 6. The minimum Gasteiger partial charge on any atom is -0.476 e. The Morgan fingerprint density at radius 2 is 0.740 bits per heavy atom. The van der Waals surface area contributed by atoms with Gasteiger partial charge in [0.15, 0.2) is 5.34 Å². The molecule has 0 aliphatic rings. The molecule has 0 fully saturated rings. The Labute approximate surface area is 297 Å². The molecular formula is C42H40O6P2. The van der Waals surface area contributed by atoms with E-state index in [0.717, 1.165) is 28.2 Å². The maximum atomic E-state index is 6.52. The number of hydrogen-bond donors (Lipinski definition) is 0. The van der Waals surface area contributed by atoms with Gasteiger partial charge in [-0.15, -0.1) is 0 Å². The van der Waals surface area contributed by atoms with Crippen molar-refractivity contribution in [3.05, 3.63) is 175 Å². The molecule has 0 amide bonds. The number of para-hydroxylation sites is 4. The first-order chi connectivity index (χ1) is 24.2. The molecule has 8 heteroatoms. The summed E-state index contributed by atoms with van der Waals surface area (Å²) in [5, 5.41) is -0.755. The maximum Gasteiger partial charge on any atom is 0.463 e. The van der Waals surface area contributed by atoms with E-state index >= 15 is 0 Å². The van der Waals surface area contributed by atoms with Crippen LogP contribution in [0.5, 0.6) is 28.7 Å². The van der Waals surface area contributed by atoms with Gasteiger partial charge >= 0.3 is 17.0 Å². The summed E-state index contributed by atoms with van der Waals surface area (Å²) in [6, 6.07) is 54.9. The zero-order valence-electron chi connectivity index (χ0n) is 28.5. The predicted molar refractivity (Wildman–Crippen MR) is 203 cm³/mol. The number of rotatable bonds is 15. The van der Waals surface area contributed by atoms with Crippen molar-refractivity contribution < 1.29 is 27.4 Å². The Morgan fingerprint density at radius 1 is 0.380 bits per heavy atom. The van der Waals surface area contributed by atoms with Crippen molar-refractivity contribution >= 4 is 17.0 Å². The van der Waals surface area contributed by atoms with Crippen molar-refractivity contribution in [2.24, 2.45) is 0 Å². The van der Waals surface area contributed by atoms with Crippen LogP contribution in [-0.4, -0.2) is 5.34 Å². The minimum atomic E-state index is -1.76. The van der Waals surface area contributed by atoms with Gasteiger partial charge in [-0.05, 0) is 105 Å². The van der Waals surface area contributed by atoms with Gasteiger partial charge in [0.05, 0.1) is 5.60 Å². The van der Waals surface area contributed by atoms with E-state index in [-0.39, 0.29) is 0 Å². The fraction of sp³-hybridized carbons (Fsp3) is 0.143. The fourth-order valence-electron chi connectivity index (χ4n) is 4.93. The summed E-state index contributed by atoms with van der Waals surface area (Å²) in [7, 11) is -3.32. The van der Waals surface area contributed by atoms with Crippen molar-refractivity contribution in [1.29, 1.82) is 0 Å². The lowest BCUT2D eigenvalue weighted by molar-refractivity contribution is 0.0943. The van der Waals surface area contributed by atoms with E-state index in [1.807, 2.05) is 173 Å². The van der Waals surface area contributed by atoms with Gasteiger partial charge in [0.25, 0.3) is 0 Å². The molecule has 0 heterocycles. The van der Waals surface area contributed by atoms with Crippen LogP contribution in [0.4, 0.5) is 0 Å². The SMILES string of the molecule is CC(C)(OP(Oc1ccccc1)Oc1ccccc1)c1ccc(-c2ccc(OP(Oc3ccccc3)C(C)(C)Oc3ccccc3)cc2)cc1. The van der Waals surface area contributed by atoms with Crippen molar-refractivity contribution in [1.82, 2.24) is 0 Å². The van der Waals surface area contributed by atoms with Gasteiger partial charge in [-0.2, -0.15) is 0 Å². The van der Waals surface area contributed by atoms with E-state index in [9.17, 15) is 0 Å². The van der Waals surface area contributed by atoms with Crippen LogP contribution in [0.25, 0.3) is 11.1 Å². The largest absolute Gasteiger partial charge is 0.476 e. The van der Waals surface area contributed by atoms with Crippen molar-refractivity contribution in [3.63, 3.8) is 0 Å². The van der Waals surface area contributed by atoms with Crippen molar-refractivity contribution in [2.45, 2.75) is 38.6 Å². The van der Waals surface area contributed by atoms with Crippen LogP contribution in [0.15, 0.2) is 170 Å². The van der Waals surface area contributed by atoms with E-state index in [1.165, 1.54) is 0 Å². The van der Waals surface area contributed by atoms with Gasteiger partial charge in [0.1, 0.15) is 28.7 Å². The first-order valence-electron chi connectivity index (χ1n) is 16.4. The van der Waals surface area contributed by atoms with Gasteiger partial charge in [-0.25, -0.2) is 0 Å². The van der Waals surface area contributed by atoms with Crippen LogP contribution in [0, 0.1) is 0 Å². The Balaban J connectivity index is 1.15. The molecule has 0 spiro atoms. The molecule has 0 aliphatic heterocycles. The topological polar surface area (TPSA) is 55.4 Å². The van der Waals surface area contributed by atoms with E-state index in [0.29, 0.717) is 17.2 Å². The summed E-state index contributed by atoms with van der Waals surface area (Å²) >= 11 is 0. The second kappa shape index (κ2) is 16.2. The molecule has 1 atom stereocenters. The highest BCUT2D eigenvalue weighted by Gasteiger charge is 2.39. The zero-order chi connectivity index (χ0) is 34.8. The van der Waals surface area contributed by atoms with E-state index < -0.39 is 27.9 Å². The summed E-state index contributed by atoms with van der Waals surface area (Å²) in [4.78, 5) is 0. The molecular weight excluding hydrogens is 662 g/mol. The predicted octanol–water partition coefficient (Wildman–Crippen LogP) is 12.6. The second-order valence-corrected chi connectivity index (χ2v) is 15.3. The van der Waals surface area contributed by atoms with Gasteiger partial charge in [-0.3, -0.25) is 4.52 Å². The molecule has 50 heavy (non-hydrogen) atoms. The summed E-state index contributed by atoms with van der Waals surface area (Å²) in [5.74, 6) is 3.52. The third-order valence-electron chi connectivity index (χ3n) is 7.59. The van der Waals surface area contributed by atoms with Crippen molar-refractivity contribution in [3.8, 4) is 39.9 Å². The molecule has 0 saturated heterocycles. The summed E-state index contributed by atoms with van der Waals surface area (Å²) in [6.45, 7) is 8.01. The Kier molecular flexibility index (Phi) is 11.4. The van der Waals surface area contributed by atoms with Gasteiger partial charge < -0.3 is 22.8 Å². The monoisotopic (exact) mass is 702 g/mol. The van der Waals surface area contributed by atoms with E-state index in [2.05, 4.69) is 24.3 Å². The Morgan fingerprint density at radius 3 is 1.18 bits per heavy atom. The van der Waals surface area contributed by atoms with E-state index in [1.54, 1.807) is 0 Å². The minimum absolute atomic E-state index is 0.680. The molecule has 0 radical (unpaired) electrons. The van der Waals surface area contributed by atoms with Crippen LogP contribution in [0.1, 0.15) is 33.3 Å². The standard InChI is InChI=1S/C42H40O6P2/c1-41(2,48-50(46-38-21-13-7-14-22-38)47-39-23-15-8-16-24-39)35-29-25-33(26-30-35)34-27-31-40(32-28-34)45-49(44-37-19-11-6-12-20-37)42(3,4)43-36-17-9-5-10-18-36/h5-32H,1-4H3. The third kappa shape index (κ3) is 9.64. The lowest BCUT2D eigenvalue weighted by Gasteiger charge is -2.32. The molecule has 254 valence electrons. The maximum absolute atomic E-state index is 6.52. The van der Waals surface area contributed by atoms with Gasteiger partial charge in [0.2, 0.25) is 0 Å². The van der Waals surface area contributed by atoms with Gasteiger partial charge in [0, 0.05) is 0 Å². The van der Waals surface area contributed by atoms with Crippen LogP contribution in [-0.2, 0) is 10.1 Å². The molecule has 6 aromatic carbocycles. The van der Waals surface area contributed by atoms with Crippen LogP contribution < -0.4 is 22.8 Å². The molecule has 0 aliphatic carbocycles. The first kappa shape index (κ1) is 35.0. The van der Waals surface area contributed by atoms with E-state index in [4.69, 9.17) is 27.4 Å². The summed E-state index contributed by atoms with van der Waals surface area (Å²) in [6.07, 6.45) is 0. The quantitative estimate of drug-likeness (QED) is 0.0993. The summed E-state index contributed by atoms with van der Waals surface area (Å²) < 4.78 is 38.2. The number of ether oxygens (including phenoxy) is 1. The molecule has 0 bridgehead atoms.